The molecule has 0 atom stereocenters. The first-order valence-electron chi connectivity index (χ1n) is 7.86. The number of hydrogen-bond acceptors (Lipinski definition) is 4. The molecule has 1 saturated heterocycles. The average molecular weight is 569 g/mol. The second-order valence-electron chi connectivity index (χ2n) is 5.95. The molecule has 2 aromatic rings. The maximum absolute atomic E-state index is 13.1. The van der Waals surface area contributed by atoms with Gasteiger partial charge in [0.2, 0.25) is 0 Å². The second-order valence-corrected chi connectivity index (χ2v) is 8.12. The molecule has 1 heterocycles. The van der Waals surface area contributed by atoms with Crippen LogP contribution in [-0.4, -0.2) is 23.0 Å². The Hall–Kier alpha value is -2.37. The summed E-state index contributed by atoms with van der Waals surface area (Å²) in [5.74, 6) is -2.59. The zero-order valence-corrected chi connectivity index (χ0v) is 18.3. The molecule has 2 N–H and O–H groups in total. The van der Waals surface area contributed by atoms with Crippen LogP contribution in [-0.2, 0) is 15.8 Å². The van der Waals surface area contributed by atoms with E-state index in [4.69, 9.17) is 11.6 Å². The highest BCUT2D eigenvalue weighted by molar-refractivity contribution is 9.11. The summed E-state index contributed by atoms with van der Waals surface area (Å²) in [6.07, 6.45) is -3.75. The Morgan fingerprint density at radius 3 is 2.40 bits per heavy atom. The number of amides is 4. The summed E-state index contributed by atoms with van der Waals surface area (Å²) in [7, 11) is 0. The number of carbonyl (C=O) groups is 3. The largest absolute Gasteiger partial charge is 0.506 e. The summed E-state index contributed by atoms with van der Waals surface area (Å²) in [5, 5.41) is 11.7. The van der Waals surface area contributed by atoms with E-state index in [9.17, 15) is 32.7 Å². The van der Waals surface area contributed by atoms with Crippen LogP contribution >= 0.6 is 43.5 Å². The molecule has 0 aliphatic carbocycles. The third-order valence-corrected chi connectivity index (χ3v) is 5.36. The van der Waals surface area contributed by atoms with Crippen LogP contribution in [0.15, 0.2) is 44.9 Å². The molecule has 1 aliphatic rings. The fourth-order valence-electron chi connectivity index (χ4n) is 2.59. The Morgan fingerprint density at radius 2 is 1.77 bits per heavy atom. The number of barbiturate groups is 1. The van der Waals surface area contributed by atoms with Gasteiger partial charge in [-0.2, -0.15) is 13.2 Å². The van der Waals surface area contributed by atoms with Crippen molar-refractivity contribution in [1.29, 1.82) is 0 Å². The Kier molecular flexibility index (Phi) is 5.99. The van der Waals surface area contributed by atoms with Gasteiger partial charge in [-0.15, -0.1) is 0 Å². The van der Waals surface area contributed by atoms with E-state index in [1.54, 1.807) is 0 Å². The zero-order valence-electron chi connectivity index (χ0n) is 14.4. The van der Waals surface area contributed by atoms with Gasteiger partial charge >= 0.3 is 12.2 Å². The van der Waals surface area contributed by atoms with Crippen molar-refractivity contribution in [1.82, 2.24) is 5.32 Å². The molecule has 12 heteroatoms. The van der Waals surface area contributed by atoms with Crippen molar-refractivity contribution in [3.8, 4) is 5.75 Å². The summed E-state index contributed by atoms with van der Waals surface area (Å²) in [4.78, 5) is 37.7. The number of benzene rings is 2. The molecule has 0 bridgehead atoms. The number of nitrogens with one attached hydrogen (secondary N) is 1. The van der Waals surface area contributed by atoms with E-state index in [0.717, 1.165) is 12.1 Å². The van der Waals surface area contributed by atoms with E-state index in [0.29, 0.717) is 21.5 Å². The third kappa shape index (κ3) is 4.23. The second kappa shape index (κ2) is 8.05. The Morgan fingerprint density at radius 1 is 1.10 bits per heavy atom. The SMILES string of the molecule is O=C1NC(=O)N(c2cc(C(F)(F)F)ccc2Cl)C(=O)/C1=C/c1cc(Br)cc(Br)c1O. The number of aromatic hydroxyl groups is 1. The van der Waals surface area contributed by atoms with Gasteiger partial charge in [0.05, 0.1) is 20.7 Å². The van der Waals surface area contributed by atoms with Gasteiger partial charge in [0, 0.05) is 10.0 Å². The highest BCUT2D eigenvalue weighted by Gasteiger charge is 2.39. The number of phenolic OH excluding ortho intramolecular Hbond substituents is 1. The monoisotopic (exact) mass is 566 g/mol. The van der Waals surface area contributed by atoms with E-state index < -0.39 is 40.8 Å². The molecule has 0 saturated carbocycles. The molecule has 6 nitrogen and oxygen atoms in total. The number of nitrogens with zero attached hydrogens (tertiary/aromatic N) is 1. The van der Waals surface area contributed by atoms with Crippen molar-refractivity contribution >= 4 is 73.1 Å². The molecule has 0 aromatic heterocycles. The molecule has 0 unspecified atom stereocenters. The minimum absolute atomic E-state index is 0.0409. The van der Waals surface area contributed by atoms with Gasteiger partial charge < -0.3 is 5.11 Å². The standard InChI is InChI=1S/C18H8Br2ClF3N2O4/c19-9-3-7(14(27)11(20)6-9)4-10-15(28)25-17(30)26(16(10)29)13-5-8(18(22,23)24)1-2-12(13)21/h1-6,27H,(H,25,28,30)/b10-4+. The van der Waals surface area contributed by atoms with Crippen LogP contribution in [0.25, 0.3) is 6.08 Å². The lowest BCUT2D eigenvalue weighted by Crippen LogP contribution is -2.54. The van der Waals surface area contributed by atoms with Crippen LogP contribution < -0.4 is 10.2 Å². The lowest BCUT2D eigenvalue weighted by atomic mass is 10.1. The quantitative estimate of drug-likeness (QED) is 0.383. The molecule has 30 heavy (non-hydrogen) atoms. The molecular weight excluding hydrogens is 560 g/mol. The average Bonchev–Trinajstić information content (AvgIpc) is 2.62. The van der Waals surface area contributed by atoms with Gasteiger partial charge in [0.15, 0.2) is 0 Å². The molecule has 156 valence electrons. The zero-order chi connectivity index (χ0) is 22.4. The number of alkyl halides is 3. The molecule has 0 radical (unpaired) electrons. The predicted octanol–water partition coefficient (Wildman–Crippen LogP) is 5.26. The van der Waals surface area contributed by atoms with Crippen LogP contribution in [0.4, 0.5) is 23.7 Å². The number of urea groups is 1. The maximum Gasteiger partial charge on any atom is 0.416 e. The van der Waals surface area contributed by atoms with Gasteiger partial charge in [-0.1, -0.05) is 27.5 Å². The van der Waals surface area contributed by atoms with Crippen molar-refractivity contribution in [2.24, 2.45) is 0 Å². The topological polar surface area (TPSA) is 86.7 Å². The van der Waals surface area contributed by atoms with Crippen molar-refractivity contribution in [2.75, 3.05) is 4.90 Å². The van der Waals surface area contributed by atoms with Gasteiger partial charge in [0.25, 0.3) is 11.8 Å². The molecular formula is C18H8Br2ClF3N2O4. The lowest BCUT2D eigenvalue weighted by Gasteiger charge is -2.27. The minimum atomic E-state index is -4.75. The normalized spacial score (nSPS) is 16.3. The summed E-state index contributed by atoms with van der Waals surface area (Å²) < 4.78 is 39.9. The number of hydrogen-bond donors (Lipinski definition) is 2. The van der Waals surface area contributed by atoms with Crippen molar-refractivity contribution in [2.45, 2.75) is 6.18 Å². The van der Waals surface area contributed by atoms with E-state index >= 15 is 0 Å². The smallest absolute Gasteiger partial charge is 0.416 e. The van der Waals surface area contributed by atoms with Crippen molar-refractivity contribution in [3.05, 3.63) is 61.0 Å². The Labute approximate surface area is 188 Å². The van der Waals surface area contributed by atoms with E-state index in [-0.39, 0.29) is 20.8 Å². The number of carbonyl (C=O) groups excluding carboxylic acids is 3. The van der Waals surface area contributed by atoms with E-state index in [2.05, 4.69) is 31.9 Å². The lowest BCUT2D eigenvalue weighted by molar-refractivity contribution is -0.137. The Balaban J connectivity index is 2.13. The van der Waals surface area contributed by atoms with E-state index in [1.165, 1.54) is 12.1 Å². The molecule has 4 amide bonds. The van der Waals surface area contributed by atoms with Crippen LogP contribution in [0.1, 0.15) is 11.1 Å². The first-order valence-corrected chi connectivity index (χ1v) is 9.82. The van der Waals surface area contributed by atoms with Gasteiger partial charge in [-0.05, 0) is 52.3 Å². The van der Waals surface area contributed by atoms with Crippen LogP contribution in [0, 0.1) is 0 Å². The summed E-state index contributed by atoms with van der Waals surface area (Å²) >= 11 is 12.2. The third-order valence-electron chi connectivity index (χ3n) is 3.97. The van der Waals surface area contributed by atoms with Crippen LogP contribution in [0.2, 0.25) is 5.02 Å². The minimum Gasteiger partial charge on any atom is -0.506 e. The number of anilines is 1. The fourth-order valence-corrected chi connectivity index (χ4v) is 4.05. The molecule has 2 aromatic carbocycles. The number of imide groups is 2. The van der Waals surface area contributed by atoms with Crippen LogP contribution in [0.5, 0.6) is 5.75 Å². The van der Waals surface area contributed by atoms with Gasteiger partial charge in [-0.25, -0.2) is 9.69 Å². The first kappa shape index (κ1) is 22.3. The van der Waals surface area contributed by atoms with Crippen LogP contribution in [0.3, 0.4) is 0 Å². The number of phenols is 1. The molecule has 0 spiro atoms. The fraction of sp³-hybridized carbons (Fsp3) is 0.0556. The summed E-state index contributed by atoms with van der Waals surface area (Å²) in [5.41, 5.74) is -2.24. The number of rotatable bonds is 2. The molecule has 3 rings (SSSR count). The maximum atomic E-state index is 13.1. The Bertz CT molecular complexity index is 1140. The highest BCUT2D eigenvalue weighted by atomic mass is 79.9. The molecule has 1 fully saturated rings. The predicted molar refractivity (Wildman–Crippen MR) is 109 cm³/mol. The highest BCUT2D eigenvalue weighted by Crippen LogP contribution is 2.37. The van der Waals surface area contributed by atoms with Crippen molar-refractivity contribution < 1.29 is 32.7 Å². The summed E-state index contributed by atoms with van der Waals surface area (Å²) in [6.45, 7) is 0. The number of halogens is 6. The van der Waals surface area contributed by atoms with E-state index in [1.807, 2.05) is 5.32 Å². The van der Waals surface area contributed by atoms with Crippen molar-refractivity contribution in [3.63, 3.8) is 0 Å². The first-order chi connectivity index (χ1) is 13.9. The van der Waals surface area contributed by atoms with Gasteiger partial charge in [0.1, 0.15) is 11.3 Å². The molecule has 1 aliphatic heterocycles. The van der Waals surface area contributed by atoms with Gasteiger partial charge in [-0.3, -0.25) is 14.9 Å². The summed E-state index contributed by atoms with van der Waals surface area (Å²) in [6, 6.07) is 3.75.